The maximum atomic E-state index is 13.6. The molecule has 2 fully saturated rings. The molecule has 3 aliphatic rings. The predicted octanol–water partition coefficient (Wildman–Crippen LogP) is 3.23. The van der Waals surface area contributed by atoms with Crippen LogP contribution in [0.2, 0.25) is 0 Å². The molecular formula is C30H46N6O3. The lowest BCUT2D eigenvalue weighted by atomic mass is 9.95. The predicted molar refractivity (Wildman–Crippen MR) is 154 cm³/mol. The molecule has 1 saturated heterocycles. The molecule has 1 saturated carbocycles. The number of piperazine rings is 1. The molecule has 0 radical (unpaired) electrons. The lowest BCUT2D eigenvalue weighted by Crippen LogP contribution is -2.62. The summed E-state index contributed by atoms with van der Waals surface area (Å²) in [5.41, 5.74) is 4.37. The maximum Gasteiger partial charge on any atom is 0.274 e. The van der Waals surface area contributed by atoms with Gasteiger partial charge in [-0.3, -0.25) is 14.3 Å². The maximum absolute atomic E-state index is 13.6. The van der Waals surface area contributed by atoms with Gasteiger partial charge in [-0.1, -0.05) is 31.9 Å². The van der Waals surface area contributed by atoms with Crippen LogP contribution in [0.15, 0.2) is 24.3 Å². The highest BCUT2D eigenvalue weighted by Crippen LogP contribution is 2.29. The fourth-order valence-corrected chi connectivity index (χ4v) is 6.24. The van der Waals surface area contributed by atoms with Crippen LogP contribution >= 0.6 is 0 Å². The molecule has 214 valence electrons. The van der Waals surface area contributed by atoms with Gasteiger partial charge in [-0.2, -0.15) is 5.10 Å². The average Bonchev–Trinajstić information content (AvgIpc) is 3.63. The second-order valence-electron chi connectivity index (χ2n) is 11.4. The number of anilines is 1. The molecule has 3 heterocycles. The van der Waals surface area contributed by atoms with E-state index in [1.165, 1.54) is 42.5 Å². The number of nitrogens with one attached hydrogen (secondary N) is 1. The van der Waals surface area contributed by atoms with Crippen LogP contribution in [-0.4, -0.2) is 94.5 Å². The molecule has 9 nitrogen and oxygen atoms in total. The zero-order valence-electron chi connectivity index (χ0n) is 24.4. The number of aliphatic hydroxyl groups is 1. The molecule has 1 aliphatic carbocycles. The van der Waals surface area contributed by atoms with Gasteiger partial charge in [0.1, 0.15) is 5.69 Å². The molecule has 1 atom stereocenters. The number of aromatic nitrogens is 2. The Morgan fingerprint density at radius 2 is 1.82 bits per heavy atom. The summed E-state index contributed by atoms with van der Waals surface area (Å²) >= 11 is 0. The molecule has 2 N–H and O–H groups in total. The SMILES string of the molecule is CCCN1C(=O)c2cc(C(=O)N3CCN(c4cccc(C)c4C)CC3)nn2CC1(C)CNC1CCCC1.CO. The van der Waals surface area contributed by atoms with Crippen molar-refractivity contribution in [1.82, 2.24) is 24.9 Å². The monoisotopic (exact) mass is 538 g/mol. The third-order valence-electron chi connectivity index (χ3n) is 8.66. The molecular weight excluding hydrogens is 492 g/mol. The summed E-state index contributed by atoms with van der Waals surface area (Å²) in [7, 11) is 1.00. The van der Waals surface area contributed by atoms with Crippen molar-refractivity contribution in [3.8, 4) is 0 Å². The number of amides is 2. The van der Waals surface area contributed by atoms with E-state index in [9.17, 15) is 9.59 Å². The third kappa shape index (κ3) is 5.99. The molecule has 1 aromatic carbocycles. The number of carbonyl (C=O) groups is 2. The summed E-state index contributed by atoms with van der Waals surface area (Å²) in [6.45, 7) is 13.5. The number of aliphatic hydroxyl groups excluding tert-OH is 1. The van der Waals surface area contributed by atoms with E-state index < -0.39 is 0 Å². The Kier molecular flexibility index (Phi) is 9.33. The number of hydrogen-bond acceptors (Lipinski definition) is 6. The van der Waals surface area contributed by atoms with Crippen LogP contribution in [-0.2, 0) is 6.54 Å². The molecule has 2 aliphatic heterocycles. The Bertz CT molecular complexity index is 1150. The molecule has 0 bridgehead atoms. The largest absolute Gasteiger partial charge is 0.400 e. The van der Waals surface area contributed by atoms with Gasteiger partial charge in [0.05, 0.1) is 12.1 Å². The van der Waals surface area contributed by atoms with Crippen LogP contribution in [0, 0.1) is 13.8 Å². The van der Waals surface area contributed by atoms with Crippen molar-refractivity contribution in [2.75, 3.05) is 51.3 Å². The Morgan fingerprint density at radius 3 is 2.49 bits per heavy atom. The number of carbonyl (C=O) groups excluding carboxylic acids is 2. The minimum absolute atomic E-state index is 0.0184. The Labute approximate surface area is 233 Å². The quantitative estimate of drug-likeness (QED) is 0.562. The Hall–Kier alpha value is -2.91. The molecule has 9 heteroatoms. The van der Waals surface area contributed by atoms with Gasteiger partial charge in [0.2, 0.25) is 0 Å². The summed E-state index contributed by atoms with van der Waals surface area (Å²) in [4.78, 5) is 33.3. The highest BCUT2D eigenvalue weighted by molar-refractivity contribution is 5.98. The van der Waals surface area contributed by atoms with Crippen molar-refractivity contribution in [2.24, 2.45) is 0 Å². The number of aryl methyl sites for hydroxylation is 1. The van der Waals surface area contributed by atoms with Crippen LogP contribution in [0.5, 0.6) is 0 Å². The molecule has 39 heavy (non-hydrogen) atoms. The molecule has 0 spiro atoms. The highest BCUT2D eigenvalue weighted by atomic mass is 16.2. The highest BCUT2D eigenvalue weighted by Gasteiger charge is 2.43. The topological polar surface area (TPSA) is 93.9 Å². The summed E-state index contributed by atoms with van der Waals surface area (Å²) in [5, 5.41) is 15.4. The van der Waals surface area contributed by atoms with Crippen LogP contribution < -0.4 is 10.2 Å². The van der Waals surface area contributed by atoms with E-state index in [4.69, 9.17) is 5.11 Å². The average molecular weight is 539 g/mol. The van der Waals surface area contributed by atoms with Crippen molar-refractivity contribution in [3.63, 3.8) is 0 Å². The lowest BCUT2D eigenvalue weighted by Gasteiger charge is -2.45. The molecule has 1 aromatic heterocycles. The first-order chi connectivity index (χ1) is 18.8. The van der Waals surface area contributed by atoms with Gasteiger partial charge >= 0.3 is 0 Å². The summed E-state index contributed by atoms with van der Waals surface area (Å²) < 4.78 is 1.78. The van der Waals surface area contributed by atoms with Gasteiger partial charge in [-0.25, -0.2) is 0 Å². The summed E-state index contributed by atoms with van der Waals surface area (Å²) in [6, 6.07) is 8.65. The van der Waals surface area contributed by atoms with Crippen LogP contribution in [0.1, 0.15) is 78.1 Å². The first-order valence-electron chi connectivity index (χ1n) is 14.5. The van der Waals surface area contributed by atoms with Crippen molar-refractivity contribution < 1.29 is 14.7 Å². The number of hydrogen-bond donors (Lipinski definition) is 2. The van der Waals surface area contributed by atoms with E-state index in [0.29, 0.717) is 43.6 Å². The summed E-state index contributed by atoms with van der Waals surface area (Å²) in [6.07, 6.45) is 5.87. The second-order valence-corrected chi connectivity index (χ2v) is 11.4. The van der Waals surface area contributed by atoms with E-state index in [1.807, 2.05) is 9.80 Å². The standard InChI is InChI=1S/C29H42N6O2.CH4O/c1-5-13-34-28(37)26-18-24(31-35(26)20-29(34,4)19-30-23-10-6-7-11-23)27(36)33-16-14-32(15-17-33)25-12-8-9-21(2)22(25)3;1-2/h8-9,12,18,23,30H,5-7,10-11,13-17,19-20H2,1-4H3;2H,1H3. The van der Waals surface area contributed by atoms with E-state index in [0.717, 1.165) is 33.2 Å². The van der Waals surface area contributed by atoms with Crippen molar-refractivity contribution in [3.05, 3.63) is 46.8 Å². The fourth-order valence-electron chi connectivity index (χ4n) is 6.24. The van der Waals surface area contributed by atoms with Crippen molar-refractivity contribution in [1.29, 1.82) is 0 Å². The molecule has 5 rings (SSSR count). The minimum Gasteiger partial charge on any atom is -0.400 e. The van der Waals surface area contributed by atoms with E-state index in [2.05, 4.69) is 61.2 Å². The molecule has 1 unspecified atom stereocenters. The second kappa shape index (κ2) is 12.5. The minimum atomic E-state index is -0.369. The molecule has 2 aromatic rings. The van der Waals surface area contributed by atoms with Crippen LogP contribution in [0.3, 0.4) is 0 Å². The smallest absolute Gasteiger partial charge is 0.274 e. The van der Waals surface area contributed by atoms with Crippen molar-refractivity contribution >= 4 is 17.5 Å². The number of fused-ring (bicyclic) bond motifs is 1. The van der Waals surface area contributed by atoms with Gasteiger partial charge in [0, 0.05) is 64.2 Å². The first-order valence-corrected chi connectivity index (χ1v) is 14.5. The molecule has 2 amide bonds. The zero-order valence-corrected chi connectivity index (χ0v) is 24.4. The summed E-state index contributed by atoms with van der Waals surface area (Å²) in [5.74, 6) is -0.0988. The van der Waals surface area contributed by atoms with Gasteiger partial charge in [-0.15, -0.1) is 0 Å². The normalized spacial score (nSPS) is 21.6. The van der Waals surface area contributed by atoms with Crippen molar-refractivity contribution in [2.45, 2.75) is 77.9 Å². The third-order valence-corrected chi connectivity index (χ3v) is 8.66. The van der Waals surface area contributed by atoms with Crippen LogP contribution in [0.4, 0.5) is 5.69 Å². The van der Waals surface area contributed by atoms with E-state index in [1.54, 1.807) is 10.7 Å². The Morgan fingerprint density at radius 1 is 1.13 bits per heavy atom. The van der Waals surface area contributed by atoms with Crippen LogP contribution in [0.25, 0.3) is 0 Å². The Balaban J connectivity index is 0.00000172. The van der Waals surface area contributed by atoms with E-state index in [-0.39, 0.29) is 17.4 Å². The fraction of sp³-hybridized carbons (Fsp3) is 0.633. The van der Waals surface area contributed by atoms with Gasteiger partial charge in [-0.05, 0) is 57.2 Å². The van der Waals surface area contributed by atoms with Gasteiger partial charge in [0.15, 0.2) is 5.69 Å². The lowest BCUT2D eigenvalue weighted by molar-refractivity contribution is 0.0333. The van der Waals surface area contributed by atoms with Gasteiger partial charge < -0.3 is 25.1 Å². The van der Waals surface area contributed by atoms with E-state index >= 15 is 0 Å². The van der Waals surface area contributed by atoms with Gasteiger partial charge in [0.25, 0.3) is 11.8 Å². The number of rotatable bonds is 7. The number of nitrogens with zero attached hydrogens (tertiary/aromatic N) is 5. The zero-order chi connectivity index (χ0) is 28.2. The first kappa shape index (κ1) is 29.1. The number of benzene rings is 1.